The summed E-state index contributed by atoms with van der Waals surface area (Å²) in [5.74, 6) is -0.349. The van der Waals surface area contributed by atoms with E-state index in [1.54, 1.807) is 18.3 Å². The van der Waals surface area contributed by atoms with Crippen LogP contribution in [0.15, 0.2) is 10.7 Å². The normalized spacial score (nSPS) is 10.8. The van der Waals surface area contributed by atoms with E-state index in [-0.39, 0.29) is 5.97 Å². The highest BCUT2D eigenvalue weighted by atomic mass is 79.9. The standard InChI is InChI=1S/C13H15BrN2O2S/c1-5-18-13(17)9-10(16(3)4)11-8(15-12(9)14)6-7(2)19-11/h6H,5H2,1-4H3. The van der Waals surface area contributed by atoms with Gasteiger partial charge in [-0.15, -0.1) is 11.3 Å². The van der Waals surface area contributed by atoms with Crippen LogP contribution in [-0.2, 0) is 4.74 Å². The van der Waals surface area contributed by atoms with Crippen LogP contribution in [0.5, 0.6) is 0 Å². The molecule has 0 spiro atoms. The Labute approximate surface area is 124 Å². The number of carbonyl (C=O) groups is 1. The third kappa shape index (κ3) is 2.60. The first-order valence-corrected chi connectivity index (χ1v) is 7.50. The maximum absolute atomic E-state index is 12.1. The summed E-state index contributed by atoms with van der Waals surface area (Å²) in [5.41, 5.74) is 2.24. The molecule has 19 heavy (non-hydrogen) atoms. The van der Waals surface area contributed by atoms with Gasteiger partial charge in [-0.3, -0.25) is 0 Å². The van der Waals surface area contributed by atoms with Crippen LogP contribution >= 0.6 is 27.3 Å². The lowest BCUT2D eigenvalue weighted by molar-refractivity contribution is 0.0526. The van der Waals surface area contributed by atoms with E-state index in [0.29, 0.717) is 16.8 Å². The van der Waals surface area contributed by atoms with Crippen molar-refractivity contribution in [3.63, 3.8) is 0 Å². The summed E-state index contributed by atoms with van der Waals surface area (Å²) in [4.78, 5) is 19.7. The molecule has 0 aromatic carbocycles. The molecule has 2 aromatic heterocycles. The minimum Gasteiger partial charge on any atom is -0.462 e. The third-order valence-corrected chi connectivity index (χ3v) is 4.26. The molecule has 0 amide bonds. The molecule has 0 atom stereocenters. The molecule has 2 rings (SSSR count). The Morgan fingerprint density at radius 2 is 2.21 bits per heavy atom. The first kappa shape index (κ1) is 14.3. The van der Waals surface area contributed by atoms with Gasteiger partial charge in [-0.1, -0.05) is 0 Å². The van der Waals surface area contributed by atoms with Crippen LogP contribution in [0.3, 0.4) is 0 Å². The van der Waals surface area contributed by atoms with Crippen molar-refractivity contribution in [3.8, 4) is 0 Å². The Morgan fingerprint density at radius 1 is 1.53 bits per heavy atom. The van der Waals surface area contributed by atoms with Crippen LogP contribution in [0.25, 0.3) is 10.2 Å². The molecule has 0 aliphatic rings. The molecular weight excluding hydrogens is 328 g/mol. The SMILES string of the molecule is CCOC(=O)c1c(Br)nc2cc(C)sc2c1N(C)C. The number of carbonyl (C=O) groups excluding carboxylic acids is 1. The van der Waals surface area contributed by atoms with Gasteiger partial charge >= 0.3 is 5.97 Å². The number of halogens is 1. The number of pyridine rings is 1. The number of aromatic nitrogens is 1. The molecule has 2 aromatic rings. The van der Waals surface area contributed by atoms with Crippen molar-refractivity contribution < 1.29 is 9.53 Å². The molecule has 102 valence electrons. The lowest BCUT2D eigenvalue weighted by atomic mass is 10.2. The highest BCUT2D eigenvalue weighted by Gasteiger charge is 2.23. The van der Waals surface area contributed by atoms with Gasteiger partial charge in [-0.05, 0) is 35.8 Å². The van der Waals surface area contributed by atoms with Gasteiger partial charge in [0.15, 0.2) is 0 Å². The molecule has 6 heteroatoms. The highest BCUT2D eigenvalue weighted by Crippen LogP contribution is 2.38. The van der Waals surface area contributed by atoms with Gasteiger partial charge in [0.25, 0.3) is 0 Å². The number of anilines is 1. The van der Waals surface area contributed by atoms with Crippen molar-refractivity contribution in [1.29, 1.82) is 0 Å². The smallest absolute Gasteiger partial charge is 0.343 e. The molecule has 0 N–H and O–H groups in total. The molecule has 0 aliphatic heterocycles. The predicted octanol–water partition coefficient (Wildman–Crippen LogP) is 3.61. The molecular formula is C13H15BrN2O2S. The minimum absolute atomic E-state index is 0.347. The Balaban J connectivity index is 2.77. The van der Waals surface area contributed by atoms with E-state index >= 15 is 0 Å². The van der Waals surface area contributed by atoms with E-state index in [0.717, 1.165) is 15.9 Å². The number of aryl methyl sites for hydroxylation is 1. The molecule has 0 saturated heterocycles. The highest BCUT2D eigenvalue weighted by molar-refractivity contribution is 9.10. The maximum atomic E-state index is 12.1. The van der Waals surface area contributed by atoms with Crippen LogP contribution in [-0.4, -0.2) is 31.7 Å². The van der Waals surface area contributed by atoms with Crippen LogP contribution in [0.4, 0.5) is 5.69 Å². The number of hydrogen-bond acceptors (Lipinski definition) is 5. The fourth-order valence-electron chi connectivity index (χ4n) is 1.94. The Bertz CT molecular complexity index is 637. The van der Waals surface area contributed by atoms with Crippen LogP contribution in [0.1, 0.15) is 22.2 Å². The number of nitrogens with zero attached hydrogens (tertiary/aromatic N) is 2. The van der Waals surface area contributed by atoms with Gasteiger partial charge in [0, 0.05) is 19.0 Å². The molecule has 0 fully saturated rings. The topological polar surface area (TPSA) is 42.4 Å². The summed E-state index contributed by atoms with van der Waals surface area (Å²) in [6.45, 7) is 4.17. The van der Waals surface area contributed by atoms with Gasteiger partial charge < -0.3 is 9.64 Å². The molecule has 0 bridgehead atoms. The van der Waals surface area contributed by atoms with Crippen molar-refractivity contribution in [2.45, 2.75) is 13.8 Å². The second kappa shape index (κ2) is 5.46. The predicted molar refractivity (Wildman–Crippen MR) is 82.3 cm³/mol. The molecule has 0 radical (unpaired) electrons. The van der Waals surface area contributed by atoms with E-state index < -0.39 is 0 Å². The fraction of sp³-hybridized carbons (Fsp3) is 0.385. The Kier molecular flexibility index (Phi) is 4.10. The largest absolute Gasteiger partial charge is 0.462 e. The first-order chi connectivity index (χ1) is 8.95. The summed E-state index contributed by atoms with van der Waals surface area (Å²) in [6, 6.07) is 2.02. The average molecular weight is 343 g/mol. The van der Waals surface area contributed by atoms with Crippen molar-refractivity contribution in [1.82, 2.24) is 4.98 Å². The quantitative estimate of drug-likeness (QED) is 0.631. The summed E-state index contributed by atoms with van der Waals surface area (Å²) in [6.07, 6.45) is 0. The summed E-state index contributed by atoms with van der Waals surface area (Å²) >= 11 is 5.02. The minimum atomic E-state index is -0.349. The Hall–Kier alpha value is -1.14. The molecule has 2 heterocycles. The summed E-state index contributed by atoms with van der Waals surface area (Å²) < 4.78 is 6.66. The fourth-order valence-corrected chi connectivity index (χ4v) is 3.56. The molecule has 0 aliphatic carbocycles. The van der Waals surface area contributed by atoms with Crippen molar-refractivity contribution in [2.75, 3.05) is 25.6 Å². The van der Waals surface area contributed by atoms with E-state index in [1.807, 2.05) is 32.0 Å². The van der Waals surface area contributed by atoms with Crippen LogP contribution < -0.4 is 4.90 Å². The zero-order valence-corrected chi connectivity index (χ0v) is 13.7. The number of fused-ring (bicyclic) bond motifs is 1. The lowest BCUT2D eigenvalue weighted by Gasteiger charge is -2.18. The monoisotopic (exact) mass is 342 g/mol. The molecule has 0 unspecified atom stereocenters. The van der Waals surface area contributed by atoms with E-state index in [2.05, 4.69) is 20.9 Å². The van der Waals surface area contributed by atoms with Gasteiger partial charge in [0.1, 0.15) is 10.2 Å². The molecule has 4 nitrogen and oxygen atoms in total. The van der Waals surface area contributed by atoms with Crippen molar-refractivity contribution in [3.05, 3.63) is 21.1 Å². The maximum Gasteiger partial charge on any atom is 0.343 e. The van der Waals surface area contributed by atoms with Gasteiger partial charge in [0.2, 0.25) is 0 Å². The third-order valence-electron chi connectivity index (χ3n) is 2.64. The Morgan fingerprint density at radius 3 is 2.79 bits per heavy atom. The summed E-state index contributed by atoms with van der Waals surface area (Å²) in [5, 5.41) is 0. The summed E-state index contributed by atoms with van der Waals surface area (Å²) in [7, 11) is 3.83. The first-order valence-electron chi connectivity index (χ1n) is 5.89. The van der Waals surface area contributed by atoms with Gasteiger partial charge in [-0.25, -0.2) is 9.78 Å². The van der Waals surface area contributed by atoms with Crippen molar-refractivity contribution >= 4 is 49.1 Å². The number of rotatable bonds is 3. The number of esters is 1. The number of ether oxygens (including phenoxy) is 1. The second-order valence-corrected chi connectivity index (χ2v) is 6.32. The van der Waals surface area contributed by atoms with Gasteiger partial charge in [0.05, 0.1) is 22.5 Å². The second-order valence-electron chi connectivity index (χ2n) is 4.31. The van der Waals surface area contributed by atoms with Crippen molar-refractivity contribution in [2.24, 2.45) is 0 Å². The number of thiophene rings is 1. The lowest BCUT2D eigenvalue weighted by Crippen LogP contribution is -2.17. The number of hydrogen-bond donors (Lipinski definition) is 0. The van der Waals surface area contributed by atoms with Gasteiger partial charge in [-0.2, -0.15) is 0 Å². The molecule has 0 saturated carbocycles. The van der Waals surface area contributed by atoms with Crippen LogP contribution in [0, 0.1) is 6.92 Å². The zero-order valence-electron chi connectivity index (χ0n) is 11.3. The average Bonchev–Trinajstić information content (AvgIpc) is 2.66. The van der Waals surface area contributed by atoms with Crippen LogP contribution in [0.2, 0.25) is 0 Å². The zero-order chi connectivity index (χ0) is 14.2. The van der Waals surface area contributed by atoms with E-state index in [4.69, 9.17) is 4.74 Å². The van der Waals surface area contributed by atoms with E-state index in [9.17, 15) is 4.79 Å². The van der Waals surface area contributed by atoms with E-state index in [1.165, 1.54) is 4.88 Å².